The van der Waals surface area contributed by atoms with Crippen LogP contribution in [-0.2, 0) is 30.8 Å². The molecule has 38 heavy (non-hydrogen) atoms. The Labute approximate surface area is 240 Å². The van der Waals surface area contributed by atoms with E-state index in [9.17, 15) is 22.8 Å². The van der Waals surface area contributed by atoms with Crippen LogP contribution in [0.15, 0.2) is 51.8 Å². The van der Waals surface area contributed by atoms with Gasteiger partial charge in [-0.15, -0.1) is 0 Å². The van der Waals surface area contributed by atoms with E-state index in [0.717, 1.165) is 14.3 Å². The lowest BCUT2D eigenvalue weighted by atomic mass is 9.96. The molecular formula is C25H27BrCl2N4O5S. The third-order valence-corrected chi connectivity index (χ3v) is 9.77. The largest absolute Gasteiger partial charge is 0.343 e. The lowest BCUT2D eigenvalue weighted by Crippen LogP contribution is -2.76. The summed E-state index contributed by atoms with van der Waals surface area (Å²) in [6.07, 6.45) is -0.843. The lowest BCUT2D eigenvalue weighted by molar-refractivity contribution is -0.169. The first-order chi connectivity index (χ1) is 17.8. The van der Waals surface area contributed by atoms with E-state index in [0.29, 0.717) is 0 Å². The molecule has 3 unspecified atom stereocenters. The molecule has 0 aliphatic carbocycles. The molecule has 2 aromatic carbocycles. The number of nitrogens with one attached hydrogen (secondary N) is 1. The average Bonchev–Trinajstić information content (AvgIpc) is 2.82. The third-order valence-electron chi connectivity index (χ3n) is 6.66. The molecule has 2 fully saturated rings. The van der Waals surface area contributed by atoms with Crippen LogP contribution < -0.4 is 5.32 Å². The van der Waals surface area contributed by atoms with Gasteiger partial charge in [0.25, 0.3) is 0 Å². The van der Waals surface area contributed by atoms with Gasteiger partial charge < -0.3 is 15.1 Å². The normalized spacial score (nSPS) is 22.6. The van der Waals surface area contributed by atoms with E-state index in [1.54, 1.807) is 4.90 Å². The highest BCUT2D eigenvalue weighted by Gasteiger charge is 2.54. The molecule has 0 radical (unpaired) electrons. The van der Waals surface area contributed by atoms with Crippen LogP contribution in [0.2, 0.25) is 10.0 Å². The van der Waals surface area contributed by atoms with Crippen LogP contribution in [-0.4, -0.2) is 77.6 Å². The quantitative estimate of drug-likeness (QED) is 0.519. The number of halogens is 3. The fraction of sp³-hybridized carbons (Fsp3) is 0.400. The van der Waals surface area contributed by atoms with Crippen molar-refractivity contribution in [1.82, 2.24) is 19.4 Å². The third kappa shape index (κ3) is 5.58. The zero-order valence-electron chi connectivity index (χ0n) is 20.9. The fourth-order valence-electron chi connectivity index (χ4n) is 4.88. The summed E-state index contributed by atoms with van der Waals surface area (Å²) in [4.78, 5) is 42.2. The second kappa shape index (κ2) is 11.1. The molecule has 0 saturated carbocycles. The lowest BCUT2D eigenvalue weighted by Gasteiger charge is -2.54. The molecule has 13 heteroatoms. The Balaban J connectivity index is 1.85. The molecule has 2 saturated heterocycles. The van der Waals surface area contributed by atoms with Gasteiger partial charge in [-0.1, -0.05) is 51.3 Å². The Hall–Kier alpha value is -2.18. The zero-order valence-corrected chi connectivity index (χ0v) is 24.8. The molecule has 4 rings (SSSR count). The monoisotopic (exact) mass is 644 g/mol. The first kappa shape index (κ1) is 28.8. The zero-order chi connectivity index (χ0) is 27.9. The topological polar surface area (TPSA) is 107 Å². The smallest absolute Gasteiger partial charge is 0.248 e. The molecule has 1 N–H and O–H groups in total. The second-order valence-electron chi connectivity index (χ2n) is 9.56. The van der Waals surface area contributed by atoms with Gasteiger partial charge in [0.1, 0.15) is 23.1 Å². The van der Waals surface area contributed by atoms with Crippen LogP contribution in [0.25, 0.3) is 0 Å². The van der Waals surface area contributed by atoms with Gasteiger partial charge in [0.2, 0.25) is 27.7 Å². The van der Waals surface area contributed by atoms with Gasteiger partial charge in [-0.3, -0.25) is 14.4 Å². The Morgan fingerprint density at radius 1 is 1.08 bits per heavy atom. The summed E-state index contributed by atoms with van der Waals surface area (Å²) in [5.41, 5.74) is 0.792. The van der Waals surface area contributed by atoms with Crippen molar-refractivity contribution in [2.75, 3.05) is 13.1 Å². The van der Waals surface area contributed by atoms with E-state index in [4.69, 9.17) is 23.2 Å². The molecule has 0 aromatic heterocycles. The van der Waals surface area contributed by atoms with Gasteiger partial charge in [-0.25, -0.2) is 8.42 Å². The standard InChI is InChI=1S/C25H27BrCl2N4O5S/c1-14(2)30-13-23-31(38(36,37)22-9-8-18(27)11-19(22)28)12-20(29-15(3)33)24(34)32(23)21(25(30)35)10-16-4-6-17(26)7-5-16/h4-9,11,14,20-21,23H,10,12-13H2,1-3H3,(H,29,33). The molecule has 9 nitrogen and oxygen atoms in total. The van der Waals surface area contributed by atoms with E-state index in [-0.39, 0.29) is 46.4 Å². The molecular weight excluding hydrogens is 619 g/mol. The van der Waals surface area contributed by atoms with Crippen LogP contribution in [0.5, 0.6) is 0 Å². The van der Waals surface area contributed by atoms with E-state index < -0.39 is 40.1 Å². The van der Waals surface area contributed by atoms with Crippen molar-refractivity contribution >= 4 is 66.9 Å². The number of fused-ring (bicyclic) bond motifs is 1. The summed E-state index contributed by atoms with van der Waals surface area (Å²) >= 11 is 15.7. The molecule has 0 bridgehead atoms. The molecule has 3 amide bonds. The van der Waals surface area contributed by atoms with Crippen molar-refractivity contribution < 1.29 is 22.8 Å². The molecule has 2 aromatic rings. The van der Waals surface area contributed by atoms with Crippen molar-refractivity contribution in [2.45, 2.75) is 56.4 Å². The fourth-order valence-corrected chi connectivity index (χ4v) is 7.48. The molecule has 3 atom stereocenters. The SMILES string of the molecule is CC(=O)NC1CN(S(=O)(=O)c2ccc(Cl)cc2Cl)C2CN(C(C)C)C(=O)C(Cc3ccc(Br)cc3)N2C1=O. The van der Waals surface area contributed by atoms with Gasteiger partial charge in [0.15, 0.2) is 0 Å². The molecule has 2 aliphatic rings. The van der Waals surface area contributed by atoms with Crippen LogP contribution in [0.1, 0.15) is 26.3 Å². The first-order valence-corrected chi connectivity index (χ1v) is 14.9. The summed E-state index contributed by atoms with van der Waals surface area (Å²) < 4.78 is 30.0. The minimum atomic E-state index is -4.29. The summed E-state index contributed by atoms with van der Waals surface area (Å²) in [5, 5.41) is 2.76. The van der Waals surface area contributed by atoms with Crippen molar-refractivity contribution in [1.29, 1.82) is 0 Å². The number of amides is 3. The second-order valence-corrected chi connectivity index (χ2v) is 13.2. The van der Waals surface area contributed by atoms with Gasteiger partial charge in [0, 0.05) is 35.4 Å². The van der Waals surface area contributed by atoms with Gasteiger partial charge >= 0.3 is 0 Å². The number of piperazine rings is 1. The Kier molecular flexibility index (Phi) is 8.44. The van der Waals surface area contributed by atoms with Crippen molar-refractivity contribution in [3.63, 3.8) is 0 Å². The van der Waals surface area contributed by atoms with Crippen molar-refractivity contribution in [2.24, 2.45) is 0 Å². The maximum absolute atomic E-state index is 14.0. The summed E-state index contributed by atoms with van der Waals surface area (Å²) in [6, 6.07) is 8.97. The Morgan fingerprint density at radius 2 is 1.74 bits per heavy atom. The predicted molar refractivity (Wildman–Crippen MR) is 147 cm³/mol. The predicted octanol–water partition coefficient (Wildman–Crippen LogP) is 3.28. The maximum Gasteiger partial charge on any atom is 0.248 e. The van der Waals surface area contributed by atoms with E-state index in [1.165, 1.54) is 30.0 Å². The maximum atomic E-state index is 14.0. The number of hydrogen-bond acceptors (Lipinski definition) is 5. The van der Waals surface area contributed by atoms with Gasteiger partial charge in [-0.05, 0) is 49.7 Å². The summed E-state index contributed by atoms with van der Waals surface area (Å²) in [5.74, 6) is -1.31. The van der Waals surface area contributed by atoms with E-state index in [1.807, 2.05) is 38.1 Å². The highest BCUT2D eigenvalue weighted by Crippen LogP contribution is 2.35. The number of carbonyl (C=O) groups is 3. The van der Waals surface area contributed by atoms with Crippen LogP contribution >= 0.6 is 39.1 Å². The Morgan fingerprint density at radius 3 is 2.32 bits per heavy atom. The molecule has 0 spiro atoms. The van der Waals surface area contributed by atoms with E-state index >= 15 is 0 Å². The van der Waals surface area contributed by atoms with Crippen LogP contribution in [0.4, 0.5) is 0 Å². The minimum absolute atomic E-state index is 0.0314. The van der Waals surface area contributed by atoms with Crippen molar-refractivity contribution in [3.8, 4) is 0 Å². The average molecular weight is 646 g/mol. The number of nitrogens with zero attached hydrogens (tertiary/aromatic N) is 3. The summed E-state index contributed by atoms with van der Waals surface area (Å²) in [6.45, 7) is 4.57. The molecule has 204 valence electrons. The number of rotatable bonds is 6. The van der Waals surface area contributed by atoms with Crippen LogP contribution in [0.3, 0.4) is 0 Å². The van der Waals surface area contributed by atoms with Crippen LogP contribution in [0, 0.1) is 0 Å². The Bertz CT molecular complexity index is 1370. The first-order valence-electron chi connectivity index (χ1n) is 11.9. The number of sulfonamides is 1. The number of benzene rings is 2. The number of hydrogen-bond donors (Lipinski definition) is 1. The van der Waals surface area contributed by atoms with Crippen molar-refractivity contribution in [3.05, 3.63) is 62.5 Å². The van der Waals surface area contributed by atoms with E-state index in [2.05, 4.69) is 21.2 Å². The minimum Gasteiger partial charge on any atom is -0.343 e. The number of carbonyl (C=O) groups excluding carboxylic acids is 3. The van der Waals surface area contributed by atoms with Gasteiger partial charge in [0.05, 0.1) is 11.6 Å². The highest BCUT2D eigenvalue weighted by atomic mass is 79.9. The highest BCUT2D eigenvalue weighted by molar-refractivity contribution is 9.10. The van der Waals surface area contributed by atoms with Gasteiger partial charge in [-0.2, -0.15) is 4.31 Å². The summed E-state index contributed by atoms with van der Waals surface area (Å²) in [7, 11) is -4.29. The molecule has 2 heterocycles. The molecule has 2 aliphatic heterocycles.